The van der Waals surface area contributed by atoms with E-state index in [9.17, 15) is 9.59 Å². The second kappa shape index (κ2) is 6.71. The summed E-state index contributed by atoms with van der Waals surface area (Å²) >= 11 is 1.73. The smallest absolute Gasteiger partial charge is 0.410 e. The summed E-state index contributed by atoms with van der Waals surface area (Å²) in [6, 6.07) is 5.66. The van der Waals surface area contributed by atoms with Crippen molar-refractivity contribution in [2.24, 2.45) is 0 Å². The molecule has 7 heteroatoms. The number of rotatable bonds is 2. The highest BCUT2D eigenvalue weighted by Crippen LogP contribution is 2.43. The van der Waals surface area contributed by atoms with Crippen LogP contribution < -0.4 is 5.56 Å². The van der Waals surface area contributed by atoms with Crippen molar-refractivity contribution in [2.45, 2.75) is 51.0 Å². The van der Waals surface area contributed by atoms with Gasteiger partial charge < -0.3 is 14.2 Å². The fraction of sp³-hybridized carbons (Fsp3) is 0.556. The van der Waals surface area contributed by atoms with Crippen molar-refractivity contribution in [2.75, 3.05) is 13.7 Å². The molecule has 1 fully saturated rings. The van der Waals surface area contributed by atoms with E-state index in [1.807, 2.05) is 0 Å². The molecular weight excluding hydrogens is 340 g/mol. The van der Waals surface area contributed by atoms with Crippen molar-refractivity contribution >= 4 is 17.4 Å². The number of likely N-dealkylation sites (tertiary alicyclic amines) is 1. The summed E-state index contributed by atoms with van der Waals surface area (Å²) in [4.78, 5) is 27.8. The third-order valence-electron chi connectivity index (χ3n) is 4.65. The minimum Gasteiger partial charge on any atom is -0.453 e. The summed E-state index contributed by atoms with van der Waals surface area (Å²) in [5, 5.41) is 2.36. The van der Waals surface area contributed by atoms with E-state index in [1.54, 1.807) is 16.2 Å². The second-order valence-corrected chi connectivity index (χ2v) is 8.58. The molecule has 0 unspecified atom stereocenters. The third kappa shape index (κ3) is 3.66. The van der Waals surface area contributed by atoms with Gasteiger partial charge in [-0.1, -0.05) is 20.8 Å². The lowest BCUT2D eigenvalue weighted by Crippen LogP contribution is -2.40. The fourth-order valence-corrected chi connectivity index (χ4v) is 4.45. The van der Waals surface area contributed by atoms with Crippen LogP contribution in [0.2, 0.25) is 0 Å². The molecule has 1 aliphatic heterocycles. The van der Waals surface area contributed by atoms with Gasteiger partial charge in [0.15, 0.2) is 0 Å². The molecule has 2 atom stereocenters. The molecule has 2 aromatic heterocycles. The zero-order chi connectivity index (χ0) is 18.2. The van der Waals surface area contributed by atoms with Crippen LogP contribution in [0.5, 0.6) is 0 Å². The molecule has 0 spiro atoms. The molecule has 1 N–H and O–H groups in total. The molecule has 1 aliphatic rings. The number of H-pyrrole nitrogens is 1. The van der Waals surface area contributed by atoms with Crippen molar-refractivity contribution < 1.29 is 14.1 Å². The van der Waals surface area contributed by atoms with Gasteiger partial charge in [0.05, 0.1) is 13.2 Å². The Kier molecular flexibility index (Phi) is 4.77. The maximum Gasteiger partial charge on any atom is 0.410 e. The molecule has 0 aliphatic carbocycles. The largest absolute Gasteiger partial charge is 0.453 e. The molecule has 2 aromatic rings. The molecule has 3 heterocycles. The van der Waals surface area contributed by atoms with Crippen molar-refractivity contribution in [3.8, 4) is 0 Å². The summed E-state index contributed by atoms with van der Waals surface area (Å²) in [6.07, 6.45) is 1.13. The first-order valence-corrected chi connectivity index (χ1v) is 9.24. The van der Waals surface area contributed by atoms with Crippen molar-refractivity contribution in [3.63, 3.8) is 0 Å². The molecule has 136 valence electrons. The van der Waals surface area contributed by atoms with E-state index in [0.717, 1.165) is 11.3 Å². The first-order chi connectivity index (χ1) is 11.8. The standard InChI is InChI=1S/C18H24N2O4S/c1-18(2,3)15-6-5-14(25-15)12-9-11(13-10-16(21)19-24-13)7-8-20(12)17(22)23-4/h5-6,10-12H,7-9H2,1-4H3,(H,19,21)/t11-,12+/m0/s1. The van der Waals surface area contributed by atoms with Gasteiger partial charge in [-0.05, 0) is 30.4 Å². The van der Waals surface area contributed by atoms with Gasteiger partial charge in [-0.15, -0.1) is 11.3 Å². The Labute approximate surface area is 150 Å². The van der Waals surface area contributed by atoms with E-state index in [4.69, 9.17) is 9.26 Å². The van der Waals surface area contributed by atoms with E-state index in [2.05, 4.69) is 38.1 Å². The highest BCUT2D eigenvalue weighted by atomic mass is 32.1. The van der Waals surface area contributed by atoms with Crippen molar-refractivity contribution in [3.05, 3.63) is 44.1 Å². The number of thiophene rings is 1. The lowest BCUT2D eigenvalue weighted by Gasteiger charge is -2.37. The Bertz CT molecular complexity index is 798. The number of aromatic nitrogens is 1. The number of amides is 1. The number of aromatic amines is 1. The minimum atomic E-state index is -0.315. The average Bonchev–Trinajstić information content (AvgIpc) is 3.22. The molecule has 3 rings (SSSR count). The van der Waals surface area contributed by atoms with Crippen LogP contribution in [-0.2, 0) is 10.2 Å². The SMILES string of the molecule is COC(=O)N1CC[C@H](c2cc(=O)[nH]o2)C[C@@H]1c1ccc(C(C)(C)C)s1. The van der Waals surface area contributed by atoms with E-state index < -0.39 is 0 Å². The topological polar surface area (TPSA) is 75.5 Å². The quantitative estimate of drug-likeness (QED) is 0.873. The van der Waals surface area contributed by atoms with Crippen LogP contribution in [0.1, 0.15) is 61.1 Å². The predicted octanol–water partition coefficient (Wildman–Crippen LogP) is 4.01. The van der Waals surface area contributed by atoms with Gasteiger partial charge in [-0.2, -0.15) is 5.16 Å². The van der Waals surface area contributed by atoms with Gasteiger partial charge in [-0.3, -0.25) is 4.79 Å². The maximum atomic E-state index is 12.2. The van der Waals surface area contributed by atoms with E-state index >= 15 is 0 Å². The number of nitrogens with zero attached hydrogens (tertiary/aromatic N) is 1. The van der Waals surface area contributed by atoms with Gasteiger partial charge in [0.25, 0.3) is 5.56 Å². The summed E-state index contributed by atoms with van der Waals surface area (Å²) in [5.74, 6) is 0.761. The molecule has 0 aromatic carbocycles. The van der Waals surface area contributed by atoms with Gasteiger partial charge >= 0.3 is 6.09 Å². The Morgan fingerprint density at radius 3 is 2.72 bits per heavy atom. The monoisotopic (exact) mass is 364 g/mol. The van der Waals surface area contributed by atoms with Gasteiger partial charge in [0, 0.05) is 28.3 Å². The van der Waals surface area contributed by atoms with Gasteiger partial charge in [-0.25, -0.2) is 4.79 Å². The number of hydrogen-bond acceptors (Lipinski definition) is 5. The molecule has 6 nitrogen and oxygen atoms in total. The van der Waals surface area contributed by atoms with Crippen LogP contribution in [-0.4, -0.2) is 29.8 Å². The molecule has 1 saturated heterocycles. The third-order valence-corrected chi connectivity index (χ3v) is 6.26. The van der Waals surface area contributed by atoms with Crippen molar-refractivity contribution in [1.29, 1.82) is 0 Å². The molecule has 1 amide bonds. The highest BCUT2D eigenvalue weighted by Gasteiger charge is 2.36. The minimum absolute atomic E-state index is 0.0700. The molecule has 0 radical (unpaired) electrons. The molecule has 0 saturated carbocycles. The predicted molar refractivity (Wildman–Crippen MR) is 96.2 cm³/mol. The van der Waals surface area contributed by atoms with Crippen LogP contribution in [0.15, 0.2) is 27.5 Å². The summed E-state index contributed by atoms with van der Waals surface area (Å²) in [5.41, 5.74) is -0.159. The Balaban J connectivity index is 1.90. The Hall–Kier alpha value is -2.02. The van der Waals surface area contributed by atoms with Crippen LogP contribution in [0.25, 0.3) is 0 Å². The molecule has 0 bridgehead atoms. The van der Waals surface area contributed by atoms with Crippen LogP contribution >= 0.6 is 11.3 Å². The summed E-state index contributed by atoms with van der Waals surface area (Å²) < 4.78 is 10.3. The molecular formula is C18H24N2O4S. The number of carbonyl (C=O) groups is 1. The highest BCUT2D eigenvalue weighted by molar-refractivity contribution is 7.12. The number of piperidine rings is 1. The number of nitrogens with one attached hydrogen (secondary N) is 1. The fourth-order valence-electron chi connectivity index (χ4n) is 3.26. The van der Waals surface area contributed by atoms with Crippen molar-refractivity contribution in [1.82, 2.24) is 10.1 Å². The first-order valence-electron chi connectivity index (χ1n) is 8.43. The zero-order valence-corrected chi connectivity index (χ0v) is 15.8. The lowest BCUT2D eigenvalue weighted by atomic mass is 9.88. The van der Waals surface area contributed by atoms with E-state index in [1.165, 1.54) is 18.1 Å². The van der Waals surface area contributed by atoms with Gasteiger partial charge in [0.1, 0.15) is 5.76 Å². The lowest BCUT2D eigenvalue weighted by molar-refractivity contribution is 0.0825. The first kappa shape index (κ1) is 17.8. The van der Waals surface area contributed by atoms with E-state index in [0.29, 0.717) is 18.7 Å². The zero-order valence-electron chi connectivity index (χ0n) is 15.0. The van der Waals surface area contributed by atoms with Crippen LogP contribution in [0.4, 0.5) is 4.79 Å². The number of methoxy groups -OCH3 is 1. The molecule has 25 heavy (non-hydrogen) atoms. The van der Waals surface area contributed by atoms with Crippen LogP contribution in [0, 0.1) is 0 Å². The van der Waals surface area contributed by atoms with Gasteiger partial charge in [0.2, 0.25) is 0 Å². The number of hydrogen-bond donors (Lipinski definition) is 1. The van der Waals surface area contributed by atoms with Crippen LogP contribution in [0.3, 0.4) is 0 Å². The average molecular weight is 364 g/mol. The second-order valence-electron chi connectivity index (χ2n) is 7.47. The van der Waals surface area contributed by atoms with E-state index in [-0.39, 0.29) is 29.0 Å². The maximum absolute atomic E-state index is 12.2. The normalized spacial score (nSPS) is 21.4. The Morgan fingerprint density at radius 2 is 2.16 bits per heavy atom. The number of ether oxygens (including phenoxy) is 1. The number of carbonyl (C=O) groups excluding carboxylic acids is 1. The Morgan fingerprint density at radius 1 is 1.40 bits per heavy atom. The summed E-state index contributed by atoms with van der Waals surface area (Å²) in [7, 11) is 1.41. The summed E-state index contributed by atoms with van der Waals surface area (Å²) in [6.45, 7) is 7.11.